The van der Waals surface area contributed by atoms with Crippen molar-refractivity contribution < 1.29 is 4.39 Å². The van der Waals surface area contributed by atoms with Gasteiger partial charge < -0.3 is 4.90 Å². The summed E-state index contributed by atoms with van der Waals surface area (Å²) >= 11 is 0. The van der Waals surface area contributed by atoms with Crippen LogP contribution in [0.4, 0.5) is 10.1 Å². The molecule has 0 aromatic heterocycles. The predicted octanol–water partition coefficient (Wildman–Crippen LogP) is 3.10. The number of allylic oxidation sites excluding steroid dienone is 2. The second kappa shape index (κ2) is 3.66. The van der Waals surface area contributed by atoms with Gasteiger partial charge in [0.1, 0.15) is 5.82 Å². The summed E-state index contributed by atoms with van der Waals surface area (Å²) in [5.74, 6) is -0.181. The van der Waals surface area contributed by atoms with E-state index in [-0.39, 0.29) is 11.9 Å². The molecule has 2 rings (SSSR count). The molecule has 0 bridgehead atoms. The summed E-state index contributed by atoms with van der Waals surface area (Å²) in [5.41, 5.74) is 0.626. The van der Waals surface area contributed by atoms with Crippen molar-refractivity contribution in [2.45, 2.75) is 13.0 Å². The molecular weight excluding hydrogens is 177 g/mol. The number of hydrogen-bond donors (Lipinski definition) is 0. The van der Waals surface area contributed by atoms with E-state index in [0.717, 1.165) is 0 Å². The van der Waals surface area contributed by atoms with Crippen LogP contribution in [0.3, 0.4) is 0 Å². The molecule has 0 amide bonds. The minimum atomic E-state index is -0.181. The highest BCUT2D eigenvalue weighted by Crippen LogP contribution is 2.23. The first-order valence-electron chi connectivity index (χ1n) is 4.67. The zero-order chi connectivity index (χ0) is 9.97. The quantitative estimate of drug-likeness (QED) is 0.656. The third-order valence-corrected chi connectivity index (χ3v) is 2.32. The van der Waals surface area contributed by atoms with E-state index in [0.29, 0.717) is 5.69 Å². The first kappa shape index (κ1) is 9.00. The number of hydrogen-bond acceptors (Lipinski definition) is 1. The first-order chi connectivity index (χ1) is 6.79. The molecule has 1 aliphatic rings. The Bertz CT molecular complexity index is 382. The summed E-state index contributed by atoms with van der Waals surface area (Å²) in [7, 11) is 0. The highest BCUT2D eigenvalue weighted by Gasteiger charge is 2.14. The second-order valence-electron chi connectivity index (χ2n) is 3.33. The molecule has 0 N–H and O–H groups in total. The largest absolute Gasteiger partial charge is 0.339 e. The van der Waals surface area contributed by atoms with Crippen molar-refractivity contribution >= 4 is 5.69 Å². The second-order valence-corrected chi connectivity index (χ2v) is 3.33. The van der Waals surface area contributed by atoms with Crippen LogP contribution in [-0.4, -0.2) is 6.04 Å². The predicted molar refractivity (Wildman–Crippen MR) is 56.6 cm³/mol. The fraction of sp³-hybridized carbons (Fsp3) is 0.167. The molecule has 72 valence electrons. The molecule has 2 heteroatoms. The van der Waals surface area contributed by atoms with Gasteiger partial charge in [-0.25, -0.2) is 4.39 Å². The Balaban J connectivity index is 2.36. The topological polar surface area (TPSA) is 3.24 Å². The van der Waals surface area contributed by atoms with Crippen molar-refractivity contribution in [2.75, 3.05) is 4.90 Å². The van der Waals surface area contributed by atoms with Crippen molar-refractivity contribution in [3.05, 3.63) is 54.5 Å². The molecule has 1 aromatic carbocycles. The Kier molecular flexibility index (Phi) is 2.35. The van der Waals surface area contributed by atoms with E-state index in [1.165, 1.54) is 6.07 Å². The maximum absolute atomic E-state index is 13.4. The highest BCUT2D eigenvalue weighted by molar-refractivity contribution is 5.53. The van der Waals surface area contributed by atoms with Gasteiger partial charge >= 0.3 is 0 Å². The van der Waals surface area contributed by atoms with Gasteiger partial charge in [0.15, 0.2) is 0 Å². The summed E-state index contributed by atoms with van der Waals surface area (Å²) in [6.45, 7) is 2.03. The Hall–Kier alpha value is -1.57. The van der Waals surface area contributed by atoms with Gasteiger partial charge in [0, 0.05) is 12.2 Å². The minimum Gasteiger partial charge on any atom is -0.339 e. The average Bonchev–Trinajstić information content (AvgIpc) is 2.20. The molecule has 0 spiro atoms. The number of nitrogens with zero attached hydrogens (tertiary/aromatic N) is 1. The molecule has 1 heterocycles. The van der Waals surface area contributed by atoms with Crippen LogP contribution in [0.1, 0.15) is 6.92 Å². The van der Waals surface area contributed by atoms with Gasteiger partial charge in [-0.05, 0) is 25.1 Å². The molecule has 1 unspecified atom stereocenters. The van der Waals surface area contributed by atoms with Gasteiger partial charge in [-0.3, -0.25) is 0 Å². The first-order valence-corrected chi connectivity index (χ1v) is 4.67. The van der Waals surface area contributed by atoms with E-state index in [1.54, 1.807) is 12.1 Å². The van der Waals surface area contributed by atoms with Crippen LogP contribution < -0.4 is 4.90 Å². The van der Waals surface area contributed by atoms with Crippen molar-refractivity contribution in [3.8, 4) is 0 Å². The van der Waals surface area contributed by atoms with E-state index in [2.05, 4.69) is 0 Å². The smallest absolute Gasteiger partial charge is 0.146 e. The van der Waals surface area contributed by atoms with Crippen molar-refractivity contribution in [2.24, 2.45) is 0 Å². The SMILES string of the molecule is CC1C=CC=CN1c1ccccc1F. The van der Waals surface area contributed by atoms with Crippen molar-refractivity contribution in [1.82, 2.24) is 0 Å². The number of benzene rings is 1. The van der Waals surface area contributed by atoms with Gasteiger partial charge in [0.25, 0.3) is 0 Å². The lowest BCUT2D eigenvalue weighted by molar-refractivity contribution is 0.621. The van der Waals surface area contributed by atoms with E-state index in [9.17, 15) is 4.39 Å². The lowest BCUT2D eigenvalue weighted by atomic mass is 10.2. The van der Waals surface area contributed by atoms with Crippen molar-refractivity contribution in [3.63, 3.8) is 0 Å². The molecule has 14 heavy (non-hydrogen) atoms. The van der Waals surface area contributed by atoms with Gasteiger partial charge in [-0.15, -0.1) is 0 Å². The molecule has 0 radical (unpaired) electrons. The van der Waals surface area contributed by atoms with Crippen LogP contribution in [0, 0.1) is 5.82 Å². The van der Waals surface area contributed by atoms with Crippen LogP contribution in [0.2, 0.25) is 0 Å². The van der Waals surface area contributed by atoms with E-state index >= 15 is 0 Å². The molecule has 0 saturated heterocycles. The Morgan fingerprint density at radius 2 is 2.00 bits per heavy atom. The van der Waals surface area contributed by atoms with E-state index in [1.807, 2.05) is 42.3 Å². The molecule has 0 fully saturated rings. The molecule has 1 aliphatic heterocycles. The summed E-state index contributed by atoms with van der Waals surface area (Å²) in [6.07, 6.45) is 7.81. The fourth-order valence-corrected chi connectivity index (χ4v) is 1.56. The Morgan fingerprint density at radius 3 is 2.71 bits per heavy atom. The van der Waals surface area contributed by atoms with Crippen LogP contribution in [-0.2, 0) is 0 Å². The number of anilines is 1. The highest BCUT2D eigenvalue weighted by atomic mass is 19.1. The molecule has 1 atom stereocenters. The van der Waals surface area contributed by atoms with Crippen LogP contribution in [0.25, 0.3) is 0 Å². The maximum atomic E-state index is 13.4. The third-order valence-electron chi connectivity index (χ3n) is 2.32. The van der Waals surface area contributed by atoms with Crippen LogP contribution >= 0.6 is 0 Å². The molecule has 1 aromatic rings. The zero-order valence-corrected chi connectivity index (χ0v) is 8.02. The van der Waals surface area contributed by atoms with E-state index < -0.39 is 0 Å². The minimum absolute atomic E-state index is 0.181. The fourth-order valence-electron chi connectivity index (χ4n) is 1.56. The monoisotopic (exact) mass is 189 g/mol. The van der Waals surface area contributed by atoms with Crippen molar-refractivity contribution in [1.29, 1.82) is 0 Å². The van der Waals surface area contributed by atoms with Crippen LogP contribution in [0.15, 0.2) is 48.7 Å². The molecular formula is C12H12FN. The molecule has 0 saturated carbocycles. The van der Waals surface area contributed by atoms with Gasteiger partial charge in [0.2, 0.25) is 0 Å². The van der Waals surface area contributed by atoms with Gasteiger partial charge in [-0.1, -0.05) is 24.3 Å². The number of rotatable bonds is 1. The zero-order valence-electron chi connectivity index (χ0n) is 8.02. The average molecular weight is 189 g/mol. The van der Waals surface area contributed by atoms with Gasteiger partial charge in [0.05, 0.1) is 5.69 Å². The lowest BCUT2D eigenvalue weighted by Crippen LogP contribution is -2.28. The van der Waals surface area contributed by atoms with E-state index in [4.69, 9.17) is 0 Å². The molecule has 0 aliphatic carbocycles. The normalized spacial score (nSPS) is 20.1. The third kappa shape index (κ3) is 1.55. The summed E-state index contributed by atoms with van der Waals surface area (Å²) in [6, 6.07) is 7.02. The van der Waals surface area contributed by atoms with Gasteiger partial charge in [-0.2, -0.15) is 0 Å². The molecule has 1 nitrogen and oxygen atoms in total. The number of para-hydroxylation sites is 1. The standard InChI is InChI=1S/C12H12FN/c1-10-6-4-5-9-14(10)12-8-3-2-7-11(12)13/h2-10H,1H3. The maximum Gasteiger partial charge on any atom is 0.146 e. The summed E-state index contributed by atoms with van der Waals surface area (Å²) < 4.78 is 13.4. The summed E-state index contributed by atoms with van der Waals surface area (Å²) in [4.78, 5) is 1.91. The summed E-state index contributed by atoms with van der Waals surface area (Å²) in [5, 5.41) is 0. The Morgan fingerprint density at radius 1 is 1.21 bits per heavy atom. The number of halogens is 1. The Labute approximate surface area is 83.2 Å². The van der Waals surface area contributed by atoms with Crippen LogP contribution in [0.5, 0.6) is 0 Å². The lowest BCUT2D eigenvalue weighted by Gasteiger charge is -2.27.